The molecule has 1 aliphatic heterocycles. The van der Waals surface area contributed by atoms with Gasteiger partial charge < -0.3 is 4.74 Å². The summed E-state index contributed by atoms with van der Waals surface area (Å²) in [5.41, 5.74) is 1.30. The maximum Gasteiger partial charge on any atom is 0.347 e. The topological polar surface area (TPSA) is 60.4 Å². The molecule has 1 aliphatic rings. The van der Waals surface area contributed by atoms with E-state index in [0.29, 0.717) is 22.4 Å². The number of esters is 2. The number of carbonyl (C=O) groups excluding carboxylic acids is 3. The number of hydrogen-bond acceptors (Lipinski definition) is 5. The van der Waals surface area contributed by atoms with Crippen LogP contribution in [0.2, 0.25) is 0 Å². The van der Waals surface area contributed by atoms with Gasteiger partial charge in [-0.2, -0.15) is 0 Å². The van der Waals surface area contributed by atoms with Crippen LogP contribution in [0.3, 0.4) is 0 Å². The number of cyclic esters (lactones) is 2. The van der Waals surface area contributed by atoms with Crippen molar-refractivity contribution in [3.05, 3.63) is 41.0 Å². The molecule has 0 saturated heterocycles. The van der Waals surface area contributed by atoms with Gasteiger partial charge in [-0.3, -0.25) is 4.79 Å². The van der Waals surface area contributed by atoms with Crippen molar-refractivity contribution in [2.24, 2.45) is 0 Å². The second-order valence-electron chi connectivity index (χ2n) is 3.98. The zero-order valence-electron chi connectivity index (χ0n) is 10.3. The molecule has 98 valence electrons. The van der Waals surface area contributed by atoms with Crippen LogP contribution in [0.25, 0.3) is 6.08 Å². The summed E-state index contributed by atoms with van der Waals surface area (Å²) < 4.78 is 4.57. The van der Waals surface area contributed by atoms with Crippen LogP contribution in [0.4, 0.5) is 0 Å². The highest BCUT2D eigenvalue weighted by molar-refractivity contribution is 8.13. The summed E-state index contributed by atoms with van der Waals surface area (Å²) in [6.07, 6.45) is 4.37. The van der Waals surface area contributed by atoms with Crippen LogP contribution in [0.5, 0.6) is 0 Å². The average Bonchev–Trinajstić information content (AvgIpc) is 2.65. The van der Waals surface area contributed by atoms with E-state index in [2.05, 4.69) is 4.74 Å². The van der Waals surface area contributed by atoms with Crippen LogP contribution in [0.1, 0.15) is 39.6 Å². The lowest BCUT2D eigenvalue weighted by Crippen LogP contribution is -1.98. The summed E-state index contributed by atoms with van der Waals surface area (Å²) >= 11 is 1.26. The Morgan fingerprint density at radius 3 is 2.84 bits per heavy atom. The minimum atomic E-state index is -0.599. The Kier molecular flexibility index (Phi) is 4.16. The van der Waals surface area contributed by atoms with Gasteiger partial charge in [-0.15, -0.1) is 0 Å². The highest BCUT2D eigenvalue weighted by atomic mass is 32.2. The Morgan fingerprint density at radius 2 is 2.11 bits per heavy atom. The lowest BCUT2D eigenvalue weighted by Gasteiger charge is -1.98. The Balaban J connectivity index is 2.10. The van der Waals surface area contributed by atoms with Gasteiger partial charge in [0.05, 0.1) is 11.1 Å². The smallest absolute Gasteiger partial charge is 0.347 e. The molecule has 0 saturated carbocycles. The summed E-state index contributed by atoms with van der Waals surface area (Å²) in [4.78, 5) is 33.7. The van der Waals surface area contributed by atoms with Crippen molar-refractivity contribution in [2.45, 2.75) is 13.3 Å². The highest BCUT2D eigenvalue weighted by Crippen LogP contribution is 2.24. The van der Waals surface area contributed by atoms with Gasteiger partial charge in [0.25, 0.3) is 0 Å². The average molecular weight is 276 g/mol. The molecule has 1 heterocycles. The molecule has 5 heteroatoms. The molecule has 0 fully saturated rings. The van der Waals surface area contributed by atoms with E-state index in [9.17, 15) is 14.4 Å². The maximum absolute atomic E-state index is 11.5. The summed E-state index contributed by atoms with van der Waals surface area (Å²) in [6, 6.07) is 5.04. The Morgan fingerprint density at radius 1 is 1.32 bits per heavy atom. The van der Waals surface area contributed by atoms with Crippen molar-refractivity contribution in [1.29, 1.82) is 0 Å². The van der Waals surface area contributed by atoms with Crippen LogP contribution in [0.15, 0.2) is 24.3 Å². The van der Waals surface area contributed by atoms with E-state index in [0.717, 1.165) is 6.42 Å². The fourth-order valence-corrected chi connectivity index (χ4v) is 2.32. The van der Waals surface area contributed by atoms with Gasteiger partial charge in [-0.05, 0) is 18.1 Å². The van der Waals surface area contributed by atoms with E-state index in [1.54, 1.807) is 24.3 Å². The molecular formula is C14H12O4S. The van der Waals surface area contributed by atoms with E-state index in [1.807, 2.05) is 6.08 Å². The van der Waals surface area contributed by atoms with Crippen molar-refractivity contribution in [1.82, 2.24) is 0 Å². The van der Waals surface area contributed by atoms with Gasteiger partial charge in [0.15, 0.2) is 5.12 Å². The monoisotopic (exact) mass is 276 g/mol. The fourth-order valence-electron chi connectivity index (χ4n) is 1.78. The van der Waals surface area contributed by atoms with Crippen LogP contribution in [-0.2, 0) is 9.53 Å². The summed E-state index contributed by atoms with van der Waals surface area (Å²) in [5.74, 6) is -0.495. The van der Waals surface area contributed by atoms with E-state index >= 15 is 0 Å². The minimum Gasteiger partial charge on any atom is -0.386 e. The van der Waals surface area contributed by atoms with Gasteiger partial charge in [0.2, 0.25) is 0 Å². The molecule has 0 amide bonds. The third kappa shape index (κ3) is 3.12. The second-order valence-corrected chi connectivity index (χ2v) is 5.25. The number of fused-ring (bicyclic) bond motifs is 1. The van der Waals surface area contributed by atoms with E-state index in [1.165, 1.54) is 18.7 Å². The molecule has 2 rings (SSSR count). The third-order valence-electron chi connectivity index (χ3n) is 2.59. The van der Waals surface area contributed by atoms with Crippen molar-refractivity contribution in [3.8, 4) is 0 Å². The minimum absolute atomic E-state index is 0.0863. The maximum atomic E-state index is 11.5. The lowest BCUT2D eigenvalue weighted by atomic mass is 10.0. The molecule has 0 spiro atoms. The molecule has 1 aromatic rings. The quantitative estimate of drug-likeness (QED) is 0.480. The number of hydrogen-bond donors (Lipinski definition) is 0. The van der Waals surface area contributed by atoms with Crippen molar-refractivity contribution in [2.75, 3.05) is 5.75 Å². The molecule has 1 aromatic carbocycles. The number of thioether (sulfide) groups is 1. The second kappa shape index (κ2) is 5.84. The number of benzene rings is 1. The molecule has 0 unspecified atom stereocenters. The standard InChI is InChI=1S/C14H12O4S/c1-9(15)19-8-3-2-5-10-6-4-7-11-12(10)14(17)18-13(11)16/h2,4-7H,3,8H2,1H3. The van der Waals surface area contributed by atoms with E-state index in [4.69, 9.17) is 0 Å². The zero-order chi connectivity index (χ0) is 13.8. The predicted octanol–water partition coefficient (Wildman–Crippen LogP) is 2.68. The number of allylic oxidation sites excluding steroid dienone is 1. The van der Waals surface area contributed by atoms with E-state index < -0.39 is 11.9 Å². The van der Waals surface area contributed by atoms with Crippen molar-refractivity contribution >= 4 is 34.9 Å². The first-order chi connectivity index (χ1) is 9.09. The summed E-state index contributed by atoms with van der Waals surface area (Å²) in [7, 11) is 0. The van der Waals surface area contributed by atoms with Gasteiger partial charge in [0.1, 0.15) is 0 Å². The molecule has 19 heavy (non-hydrogen) atoms. The molecule has 0 N–H and O–H groups in total. The summed E-state index contributed by atoms with van der Waals surface area (Å²) in [6.45, 7) is 1.53. The normalized spacial score (nSPS) is 13.7. The van der Waals surface area contributed by atoms with Crippen molar-refractivity contribution < 1.29 is 19.1 Å². The molecule has 0 aromatic heterocycles. The first-order valence-corrected chi connectivity index (χ1v) is 6.77. The molecule has 0 radical (unpaired) electrons. The highest BCUT2D eigenvalue weighted by Gasteiger charge is 2.31. The molecule has 0 aliphatic carbocycles. The largest absolute Gasteiger partial charge is 0.386 e. The van der Waals surface area contributed by atoms with Crippen LogP contribution < -0.4 is 0 Å². The first-order valence-electron chi connectivity index (χ1n) is 5.79. The number of ether oxygens (including phenoxy) is 1. The molecule has 4 nitrogen and oxygen atoms in total. The third-order valence-corrected chi connectivity index (χ3v) is 3.44. The predicted molar refractivity (Wildman–Crippen MR) is 73.0 cm³/mol. The first kappa shape index (κ1) is 13.5. The van der Waals surface area contributed by atoms with Crippen LogP contribution in [-0.4, -0.2) is 22.8 Å². The molecule has 0 atom stereocenters. The number of carbonyl (C=O) groups is 3. The molecule has 0 bridgehead atoms. The van der Waals surface area contributed by atoms with Crippen molar-refractivity contribution in [3.63, 3.8) is 0 Å². The molecular weight excluding hydrogens is 264 g/mol. The van der Waals surface area contributed by atoms with E-state index in [-0.39, 0.29) is 5.12 Å². The van der Waals surface area contributed by atoms with Gasteiger partial charge >= 0.3 is 11.9 Å². The zero-order valence-corrected chi connectivity index (χ0v) is 11.2. The number of rotatable bonds is 4. The van der Waals surface area contributed by atoms with Crippen LogP contribution >= 0.6 is 11.8 Å². The lowest BCUT2D eigenvalue weighted by molar-refractivity contribution is -0.109. The fraction of sp³-hybridized carbons (Fsp3) is 0.214. The van der Waals surface area contributed by atoms with Gasteiger partial charge in [0, 0.05) is 12.7 Å². The van der Waals surface area contributed by atoms with Gasteiger partial charge in [-0.25, -0.2) is 9.59 Å². The SMILES string of the molecule is CC(=O)SCCC=Cc1cccc2c1C(=O)OC2=O. The Hall–Kier alpha value is -1.88. The Labute approximate surface area is 114 Å². The summed E-state index contributed by atoms with van der Waals surface area (Å²) in [5, 5.41) is 0.0863. The Bertz CT molecular complexity index is 575. The van der Waals surface area contributed by atoms with Crippen LogP contribution in [0, 0.1) is 0 Å². The van der Waals surface area contributed by atoms with Gasteiger partial charge in [-0.1, -0.05) is 36.0 Å².